The number of morpholine rings is 1. The number of halogens is 4. The second-order valence-electron chi connectivity index (χ2n) is 18.5. The average Bonchev–Trinajstić information content (AvgIpc) is 3.31. The van der Waals surface area contributed by atoms with Gasteiger partial charge in [-0.2, -0.15) is 13.2 Å². The predicted molar refractivity (Wildman–Crippen MR) is 259 cm³/mol. The molecule has 2 N–H and O–H groups in total. The molecule has 2 saturated heterocycles. The number of allylic oxidation sites excluding steroid dienone is 1. The van der Waals surface area contributed by atoms with Gasteiger partial charge in [-0.05, 0) is 117 Å². The van der Waals surface area contributed by atoms with Crippen molar-refractivity contribution in [1.82, 2.24) is 24.7 Å². The van der Waals surface area contributed by atoms with E-state index in [0.29, 0.717) is 93.2 Å². The summed E-state index contributed by atoms with van der Waals surface area (Å²) in [6.45, 7) is 10.7. The van der Waals surface area contributed by atoms with Crippen LogP contribution >= 0.6 is 23.4 Å². The Bertz CT molecular complexity index is 2670. The minimum atomic E-state index is -6.03. The largest absolute Gasteiger partial charge is 0.501 e. The molecule has 0 saturated carbocycles. The Labute approximate surface area is 403 Å². The molecule has 4 aliphatic rings. The van der Waals surface area contributed by atoms with E-state index in [-0.39, 0.29) is 23.5 Å². The number of hydrogen-bond donors (Lipinski definition) is 2. The second kappa shape index (κ2) is 21.1. The van der Waals surface area contributed by atoms with Gasteiger partial charge >= 0.3 is 5.51 Å². The third-order valence-corrected chi connectivity index (χ3v) is 17.5. The van der Waals surface area contributed by atoms with E-state index in [4.69, 9.17) is 16.3 Å². The van der Waals surface area contributed by atoms with Crippen molar-refractivity contribution in [2.75, 3.05) is 74.8 Å². The molecular weight excluding hydrogens is 943 g/mol. The summed E-state index contributed by atoms with van der Waals surface area (Å²) in [5, 5.41) is 3.76. The van der Waals surface area contributed by atoms with Crippen molar-refractivity contribution in [3.05, 3.63) is 107 Å². The number of piperidine rings is 1. The Morgan fingerprint density at radius 2 is 1.67 bits per heavy atom. The Morgan fingerprint density at radius 3 is 2.39 bits per heavy atom. The van der Waals surface area contributed by atoms with Crippen molar-refractivity contribution in [3.63, 3.8) is 0 Å². The van der Waals surface area contributed by atoms with Gasteiger partial charge in [0.25, 0.3) is 19.9 Å². The first-order chi connectivity index (χ1) is 32.3. The smallest absolute Gasteiger partial charge is 0.380 e. The molecule has 3 aromatic carbocycles. The van der Waals surface area contributed by atoms with Crippen LogP contribution in [0.25, 0.3) is 5.57 Å². The number of nitrogens with one attached hydrogen (secondary N) is 2. The van der Waals surface area contributed by atoms with Crippen molar-refractivity contribution >= 4 is 60.3 Å². The second-order valence-corrected chi connectivity index (χ2v) is 23.6. The minimum Gasteiger partial charge on any atom is -0.380 e. The lowest BCUT2D eigenvalue weighted by Gasteiger charge is -2.41. The van der Waals surface area contributed by atoms with E-state index < -0.39 is 47.2 Å². The highest BCUT2D eigenvalue weighted by Crippen LogP contribution is 2.44. The molecule has 1 aliphatic carbocycles. The number of benzene rings is 3. The number of anilines is 2. The molecule has 0 bridgehead atoms. The molecular formula is C48H59ClF3N7O5S3. The van der Waals surface area contributed by atoms with Crippen molar-refractivity contribution in [2.45, 2.75) is 97.6 Å². The lowest BCUT2D eigenvalue weighted by Crippen LogP contribution is -2.47. The summed E-state index contributed by atoms with van der Waals surface area (Å²) < 4.78 is 115. The third kappa shape index (κ3) is 12.4. The van der Waals surface area contributed by atoms with Crippen molar-refractivity contribution in [1.29, 1.82) is 0 Å². The monoisotopic (exact) mass is 1000 g/mol. The number of alkyl halides is 3. The van der Waals surface area contributed by atoms with Gasteiger partial charge in [-0.1, -0.05) is 61.4 Å². The number of likely N-dealkylation sites (tertiary alicyclic amines) is 1. The zero-order chi connectivity index (χ0) is 48.3. The molecule has 19 heteroatoms. The molecule has 0 radical (unpaired) electrons. The Morgan fingerprint density at radius 1 is 0.940 bits per heavy atom. The first-order valence-corrected chi connectivity index (χ1v) is 27.1. The fourth-order valence-electron chi connectivity index (χ4n) is 9.35. The number of aromatic nitrogens is 2. The van der Waals surface area contributed by atoms with Crippen LogP contribution in [0.4, 0.5) is 24.7 Å². The van der Waals surface area contributed by atoms with E-state index in [1.165, 1.54) is 34.8 Å². The first-order valence-electron chi connectivity index (χ1n) is 23.3. The van der Waals surface area contributed by atoms with Gasteiger partial charge in [0.05, 0.1) is 29.5 Å². The summed E-state index contributed by atoms with van der Waals surface area (Å²) >= 11 is 7.70. The number of sulfone groups is 1. The van der Waals surface area contributed by atoms with E-state index in [1.54, 1.807) is 0 Å². The van der Waals surface area contributed by atoms with Crippen LogP contribution in [0, 0.1) is 5.41 Å². The molecule has 3 aliphatic heterocycles. The molecule has 362 valence electrons. The highest BCUT2D eigenvalue weighted by atomic mass is 35.5. The maximum atomic E-state index is 14.3. The number of ether oxygens (including phenoxy) is 1. The molecule has 67 heavy (non-hydrogen) atoms. The summed E-state index contributed by atoms with van der Waals surface area (Å²) in [4.78, 5) is 14.5. The average molecular weight is 1000 g/mol. The lowest BCUT2D eigenvalue weighted by molar-refractivity contribution is -0.0435. The Hall–Kier alpha value is -3.75. The summed E-state index contributed by atoms with van der Waals surface area (Å²) in [5.74, 6) is 0.341. The van der Waals surface area contributed by atoms with Crippen LogP contribution in [0.1, 0.15) is 70.6 Å². The lowest BCUT2D eigenvalue weighted by atomic mass is 9.72. The minimum absolute atomic E-state index is 0.0486. The zero-order valence-electron chi connectivity index (χ0n) is 38.8. The fourth-order valence-corrected chi connectivity index (χ4v) is 12.6. The first kappa shape index (κ1) is 48.3. The summed E-state index contributed by atoms with van der Waals surface area (Å²) in [6.07, 6.45) is 6.33. The number of nitrogens with zero attached hydrogens (tertiary/aromatic N) is 5. The van der Waals surface area contributed by atoms with Crippen molar-refractivity contribution < 1.29 is 36.1 Å². The van der Waals surface area contributed by atoms with E-state index in [9.17, 15) is 31.4 Å². The molecule has 4 aromatic rings. The van der Waals surface area contributed by atoms with Crippen LogP contribution < -0.4 is 10.0 Å². The number of hydrogen-bond acceptors (Lipinski definition) is 12. The number of rotatable bonds is 16. The predicted octanol–water partition coefficient (Wildman–Crippen LogP) is 9.01. The molecule has 2 fully saturated rings. The van der Waals surface area contributed by atoms with Crippen molar-refractivity contribution in [2.24, 2.45) is 5.41 Å². The normalized spacial score (nSPS) is 20.5. The van der Waals surface area contributed by atoms with Crippen LogP contribution in [-0.4, -0.2) is 124 Å². The number of fused-ring (bicyclic) bond motifs is 1. The molecule has 1 atom stereocenters. The zero-order valence-corrected chi connectivity index (χ0v) is 41.0. The van der Waals surface area contributed by atoms with Gasteiger partial charge in [-0.3, -0.25) is 19.4 Å². The van der Waals surface area contributed by atoms with Crippen LogP contribution in [-0.2, 0) is 37.6 Å². The maximum absolute atomic E-state index is 14.3. The van der Waals surface area contributed by atoms with Gasteiger partial charge in [0.1, 0.15) is 17.0 Å². The maximum Gasteiger partial charge on any atom is 0.501 e. The van der Waals surface area contributed by atoms with Gasteiger partial charge in [0, 0.05) is 73.9 Å². The van der Waals surface area contributed by atoms with E-state index in [0.717, 1.165) is 55.9 Å². The molecule has 4 heterocycles. The quantitative estimate of drug-likeness (QED) is 0.104. The number of thioether (sulfide) groups is 1. The fraction of sp³-hybridized carbons (Fsp3) is 0.500. The topological polar surface area (TPSA) is 137 Å². The van der Waals surface area contributed by atoms with Gasteiger partial charge < -0.3 is 10.1 Å². The standard InChI is InChI=1S/C48H59ClF3N7O5S3/c1-47(2)19-14-35(42(29-47)34-8-10-36(49)11-9-34)30-58-21-16-38(17-22-58)59-23-18-41-44(31-59)53-33-54-46(41)56-67(62,63)40-12-13-43(45(28-40)66(60,61)48(50,51)52)55-37(15-20-57-24-26-64-27-25-57)32-65-39-6-4-3-5-7-39/h3-13,28,33,37-38,55H,14-27,29-32H2,1-2H3,(H,53,54,56)/i38D. The molecule has 1 unspecified atom stereocenters. The van der Waals surface area contributed by atoms with Crippen LogP contribution in [0.15, 0.2) is 99.4 Å². The van der Waals surface area contributed by atoms with Gasteiger partial charge in [-0.25, -0.2) is 26.8 Å². The Kier molecular flexibility index (Phi) is 15.2. The molecule has 12 nitrogen and oxygen atoms in total. The van der Waals surface area contributed by atoms with E-state index in [2.05, 4.69) is 60.7 Å². The van der Waals surface area contributed by atoms with Crippen molar-refractivity contribution in [3.8, 4) is 0 Å². The molecule has 0 spiro atoms. The number of sulfonamides is 1. The Balaban J connectivity index is 0.964. The van der Waals surface area contributed by atoms with E-state index in [1.807, 2.05) is 42.5 Å². The van der Waals surface area contributed by atoms with Gasteiger partial charge in [-0.15, -0.1) is 11.8 Å². The highest BCUT2D eigenvalue weighted by molar-refractivity contribution is 7.99. The van der Waals surface area contributed by atoms with Crippen LogP contribution in [0.3, 0.4) is 0 Å². The van der Waals surface area contributed by atoms with Crippen LogP contribution in [0.5, 0.6) is 0 Å². The van der Waals surface area contributed by atoms with E-state index >= 15 is 0 Å². The molecule has 0 amide bonds. The molecule has 8 rings (SSSR count). The van der Waals surface area contributed by atoms with Gasteiger partial charge in [0.15, 0.2) is 0 Å². The summed E-state index contributed by atoms with van der Waals surface area (Å²) in [7, 11) is -10.7. The SMILES string of the molecule is [2H]C1(N2CCc3c(ncnc3NS(=O)(=O)c3ccc(NC(CCN4CCOCC4)CSc4ccccc4)c(S(=O)(=O)C(F)(F)F)c3)C2)CCN(CC2=C(c3ccc(Cl)cc3)CC(C)(C)CC2)CC1. The third-order valence-electron chi connectivity index (χ3n) is 13.2. The van der Waals surface area contributed by atoms with Gasteiger partial charge in [0.2, 0.25) is 0 Å². The summed E-state index contributed by atoms with van der Waals surface area (Å²) in [6, 6.07) is 18.9. The summed E-state index contributed by atoms with van der Waals surface area (Å²) in [5.41, 5.74) is -0.788. The van der Waals surface area contributed by atoms with Crippen LogP contribution in [0.2, 0.25) is 5.02 Å². The molecule has 1 aromatic heterocycles. The highest BCUT2D eigenvalue weighted by Gasteiger charge is 2.48.